The summed E-state index contributed by atoms with van der Waals surface area (Å²) >= 11 is 0. The zero-order chi connectivity index (χ0) is 21.5. The molecule has 0 aliphatic carbocycles. The second kappa shape index (κ2) is 23.8. The van der Waals surface area contributed by atoms with Gasteiger partial charge >= 0.3 is 0 Å². The third-order valence-electron chi connectivity index (χ3n) is 6.63. The lowest BCUT2D eigenvalue weighted by atomic mass is 9.99. The summed E-state index contributed by atoms with van der Waals surface area (Å²) in [6.07, 6.45) is 31.1. The van der Waals surface area contributed by atoms with E-state index >= 15 is 0 Å². The molecular weight excluding hydrogens is 376 g/mol. The number of benzene rings is 1. The van der Waals surface area contributed by atoms with Gasteiger partial charge in [-0.1, -0.05) is 154 Å². The summed E-state index contributed by atoms with van der Waals surface area (Å²) < 4.78 is 0. The van der Waals surface area contributed by atoms with E-state index in [1.807, 2.05) is 0 Å². The van der Waals surface area contributed by atoms with E-state index in [2.05, 4.69) is 38.1 Å². The van der Waals surface area contributed by atoms with Crippen molar-refractivity contribution in [1.82, 2.24) is 0 Å². The molecule has 1 heteroatoms. The minimum atomic E-state index is 0. The average Bonchev–Trinajstić information content (AvgIpc) is 2.76. The van der Waals surface area contributed by atoms with Crippen LogP contribution in [0.5, 0.6) is 0 Å². The summed E-state index contributed by atoms with van der Waals surface area (Å²) in [6, 6.07) is 9.46. The molecule has 0 unspecified atom stereocenters. The smallest absolute Gasteiger partial charge is 0.0279 e. The molecule has 31 heavy (non-hydrogen) atoms. The van der Waals surface area contributed by atoms with Gasteiger partial charge in [0.15, 0.2) is 0 Å². The van der Waals surface area contributed by atoms with E-state index in [4.69, 9.17) is 0 Å². The molecule has 1 nitrogen and oxygen atoms in total. The van der Waals surface area contributed by atoms with Gasteiger partial charge < -0.3 is 5.48 Å². The molecular formula is C30H56O. The first kappa shape index (κ1) is 30.2. The van der Waals surface area contributed by atoms with Gasteiger partial charge in [-0.15, -0.1) is 0 Å². The molecule has 0 fully saturated rings. The predicted molar refractivity (Wildman–Crippen MR) is 141 cm³/mol. The maximum absolute atomic E-state index is 2.49. The Balaban J connectivity index is 0.00000900. The number of rotatable bonds is 22. The van der Waals surface area contributed by atoms with Crippen LogP contribution in [0.3, 0.4) is 0 Å². The normalized spacial score (nSPS) is 10.9. The quantitative estimate of drug-likeness (QED) is 0.163. The molecule has 0 spiro atoms. The summed E-state index contributed by atoms with van der Waals surface area (Å²) in [5.41, 5.74) is 3.14. The molecule has 0 aliphatic rings. The first-order chi connectivity index (χ1) is 14.9. The molecule has 0 amide bonds. The third-order valence-corrected chi connectivity index (χ3v) is 6.63. The first-order valence-electron chi connectivity index (χ1n) is 13.9. The Hall–Kier alpha value is -0.820. The van der Waals surface area contributed by atoms with Crippen LogP contribution in [0.4, 0.5) is 0 Å². The fourth-order valence-electron chi connectivity index (χ4n) is 4.57. The SMILES string of the molecule is CCCCCCCCCCCCc1cccc(CCCCCCCCCCCC)c1.O. The standard InChI is InChI=1S/C30H54.H2O/c1-3-5-7-9-11-13-15-17-19-21-24-29-26-23-27-30(28-29)25-22-20-18-16-14-12-10-8-6-4-2;/h23,26-28H,3-22,24-25H2,1-2H3;1H2. The number of aryl methyl sites for hydroxylation is 2. The monoisotopic (exact) mass is 432 g/mol. The van der Waals surface area contributed by atoms with E-state index in [9.17, 15) is 0 Å². The fourth-order valence-corrected chi connectivity index (χ4v) is 4.57. The van der Waals surface area contributed by atoms with E-state index in [1.165, 1.54) is 141 Å². The number of hydrogen-bond donors (Lipinski definition) is 0. The molecule has 1 aromatic carbocycles. The van der Waals surface area contributed by atoms with E-state index in [0.29, 0.717) is 0 Å². The topological polar surface area (TPSA) is 31.5 Å². The molecule has 0 heterocycles. The minimum Gasteiger partial charge on any atom is -0.412 e. The molecule has 2 N–H and O–H groups in total. The van der Waals surface area contributed by atoms with Crippen LogP contribution in [-0.2, 0) is 12.8 Å². The highest BCUT2D eigenvalue weighted by molar-refractivity contribution is 5.23. The van der Waals surface area contributed by atoms with Crippen molar-refractivity contribution in [2.24, 2.45) is 0 Å². The van der Waals surface area contributed by atoms with Gasteiger partial charge in [-0.3, -0.25) is 0 Å². The highest BCUT2D eigenvalue weighted by atomic mass is 16.0. The molecule has 0 saturated carbocycles. The maximum Gasteiger partial charge on any atom is -0.0279 e. The second-order valence-electron chi connectivity index (χ2n) is 9.68. The third kappa shape index (κ3) is 19.6. The molecule has 0 bridgehead atoms. The zero-order valence-corrected chi connectivity index (χ0v) is 21.4. The lowest BCUT2D eigenvalue weighted by Gasteiger charge is -2.07. The Kier molecular flexibility index (Phi) is 23.2. The van der Waals surface area contributed by atoms with Crippen LogP contribution >= 0.6 is 0 Å². The highest BCUT2D eigenvalue weighted by Gasteiger charge is 1.99. The van der Waals surface area contributed by atoms with E-state index < -0.39 is 0 Å². The summed E-state index contributed by atoms with van der Waals surface area (Å²) in [5.74, 6) is 0. The van der Waals surface area contributed by atoms with E-state index in [0.717, 1.165) is 0 Å². The lowest BCUT2D eigenvalue weighted by molar-refractivity contribution is 0.555. The summed E-state index contributed by atoms with van der Waals surface area (Å²) in [7, 11) is 0. The Bertz CT molecular complexity index is 428. The van der Waals surface area contributed by atoms with Crippen LogP contribution in [0.15, 0.2) is 24.3 Å². The summed E-state index contributed by atoms with van der Waals surface area (Å²) in [4.78, 5) is 0. The average molecular weight is 433 g/mol. The van der Waals surface area contributed by atoms with Crippen LogP contribution in [0.25, 0.3) is 0 Å². The summed E-state index contributed by atoms with van der Waals surface area (Å²) in [5, 5.41) is 0. The van der Waals surface area contributed by atoms with Crippen LogP contribution in [0.1, 0.15) is 153 Å². The Morgan fingerprint density at radius 1 is 0.419 bits per heavy atom. The Labute approximate surface area is 196 Å². The molecule has 0 aliphatic heterocycles. The van der Waals surface area contributed by atoms with Crippen molar-refractivity contribution >= 4 is 0 Å². The predicted octanol–water partition coefficient (Wildman–Crippen LogP) is 9.79. The molecule has 0 saturated heterocycles. The van der Waals surface area contributed by atoms with Crippen molar-refractivity contribution < 1.29 is 5.48 Å². The van der Waals surface area contributed by atoms with E-state index in [1.54, 1.807) is 11.1 Å². The van der Waals surface area contributed by atoms with Crippen LogP contribution < -0.4 is 0 Å². The second-order valence-corrected chi connectivity index (χ2v) is 9.68. The maximum atomic E-state index is 2.49. The van der Waals surface area contributed by atoms with Gasteiger partial charge in [0.05, 0.1) is 0 Å². The molecule has 1 rings (SSSR count). The largest absolute Gasteiger partial charge is 0.412 e. The number of hydrogen-bond acceptors (Lipinski definition) is 0. The van der Waals surface area contributed by atoms with Crippen molar-refractivity contribution in [1.29, 1.82) is 0 Å². The van der Waals surface area contributed by atoms with E-state index in [-0.39, 0.29) is 5.48 Å². The first-order valence-corrected chi connectivity index (χ1v) is 13.9. The van der Waals surface area contributed by atoms with Gasteiger partial charge in [-0.05, 0) is 36.8 Å². The highest BCUT2D eigenvalue weighted by Crippen LogP contribution is 2.16. The molecule has 182 valence electrons. The zero-order valence-electron chi connectivity index (χ0n) is 21.4. The Morgan fingerprint density at radius 2 is 0.710 bits per heavy atom. The lowest BCUT2D eigenvalue weighted by Crippen LogP contribution is -1.91. The number of unbranched alkanes of at least 4 members (excludes halogenated alkanes) is 18. The van der Waals surface area contributed by atoms with Crippen molar-refractivity contribution in [2.75, 3.05) is 0 Å². The van der Waals surface area contributed by atoms with Crippen molar-refractivity contribution in [3.63, 3.8) is 0 Å². The van der Waals surface area contributed by atoms with Gasteiger partial charge in [0.25, 0.3) is 0 Å². The van der Waals surface area contributed by atoms with Gasteiger partial charge in [-0.2, -0.15) is 0 Å². The van der Waals surface area contributed by atoms with Crippen LogP contribution in [0, 0.1) is 0 Å². The van der Waals surface area contributed by atoms with Crippen LogP contribution in [-0.4, -0.2) is 5.48 Å². The van der Waals surface area contributed by atoms with Gasteiger partial charge in [0.1, 0.15) is 0 Å². The molecule has 0 atom stereocenters. The molecule has 1 aromatic rings. The van der Waals surface area contributed by atoms with Gasteiger partial charge in [0, 0.05) is 0 Å². The Morgan fingerprint density at radius 3 is 1.03 bits per heavy atom. The van der Waals surface area contributed by atoms with Crippen LogP contribution in [0.2, 0.25) is 0 Å². The van der Waals surface area contributed by atoms with Crippen molar-refractivity contribution in [3.8, 4) is 0 Å². The summed E-state index contributed by atoms with van der Waals surface area (Å²) in [6.45, 7) is 4.60. The fraction of sp³-hybridized carbons (Fsp3) is 0.800. The van der Waals surface area contributed by atoms with Crippen molar-refractivity contribution in [2.45, 2.75) is 155 Å². The molecule has 0 aromatic heterocycles. The minimum absolute atomic E-state index is 0. The van der Waals surface area contributed by atoms with Crippen molar-refractivity contribution in [3.05, 3.63) is 35.4 Å². The van der Waals surface area contributed by atoms with Gasteiger partial charge in [0.2, 0.25) is 0 Å². The van der Waals surface area contributed by atoms with Gasteiger partial charge in [-0.25, -0.2) is 0 Å². The molecule has 0 radical (unpaired) electrons.